The topological polar surface area (TPSA) is 64.6 Å². The average Bonchev–Trinajstić information content (AvgIpc) is 2.74. The lowest BCUT2D eigenvalue weighted by Crippen LogP contribution is -2.16. The van der Waals surface area contributed by atoms with Gasteiger partial charge in [0.25, 0.3) is 5.91 Å². The number of halogens is 2. The van der Waals surface area contributed by atoms with Gasteiger partial charge in [-0.2, -0.15) is 0 Å². The van der Waals surface area contributed by atoms with Crippen LogP contribution in [0.15, 0.2) is 60.7 Å². The number of benzene rings is 3. The third-order valence-corrected chi connectivity index (χ3v) is 5.11. The maximum Gasteiger partial charge on any atom is 0.340 e. The number of amides is 1. The zero-order valence-corrected chi connectivity index (χ0v) is 18.6. The van der Waals surface area contributed by atoms with Crippen LogP contribution in [0.3, 0.4) is 0 Å². The van der Waals surface area contributed by atoms with E-state index in [0.717, 1.165) is 12.0 Å². The van der Waals surface area contributed by atoms with Gasteiger partial charge >= 0.3 is 5.97 Å². The van der Waals surface area contributed by atoms with Crippen LogP contribution >= 0.6 is 23.2 Å². The third-order valence-electron chi connectivity index (χ3n) is 4.56. The van der Waals surface area contributed by atoms with Crippen molar-refractivity contribution in [2.75, 3.05) is 19.0 Å². The Morgan fingerprint density at radius 2 is 1.77 bits per heavy atom. The van der Waals surface area contributed by atoms with E-state index >= 15 is 0 Å². The molecule has 3 aromatic carbocycles. The number of anilines is 1. The van der Waals surface area contributed by atoms with Crippen molar-refractivity contribution in [1.82, 2.24) is 0 Å². The van der Waals surface area contributed by atoms with Crippen molar-refractivity contribution < 1.29 is 19.1 Å². The van der Waals surface area contributed by atoms with Gasteiger partial charge in [0.2, 0.25) is 0 Å². The average molecular weight is 458 g/mol. The van der Waals surface area contributed by atoms with Gasteiger partial charge in [0.05, 0.1) is 35.6 Å². The van der Waals surface area contributed by atoms with Gasteiger partial charge in [-0.1, -0.05) is 53.0 Å². The van der Waals surface area contributed by atoms with E-state index in [-0.39, 0.29) is 21.8 Å². The van der Waals surface area contributed by atoms with Crippen molar-refractivity contribution in [1.29, 1.82) is 0 Å². The highest BCUT2D eigenvalue weighted by atomic mass is 35.5. The fourth-order valence-corrected chi connectivity index (χ4v) is 3.51. The van der Waals surface area contributed by atoms with Gasteiger partial charge in [0.1, 0.15) is 5.75 Å². The molecule has 3 rings (SSSR count). The molecule has 0 aliphatic heterocycles. The number of methoxy groups -OCH3 is 1. The maximum absolute atomic E-state index is 12.6. The molecule has 0 aliphatic carbocycles. The Bertz CT molecular complexity index is 1110. The summed E-state index contributed by atoms with van der Waals surface area (Å²) in [4.78, 5) is 24.9. The lowest BCUT2D eigenvalue weighted by molar-refractivity contribution is 0.0601. The quantitative estimate of drug-likeness (QED) is 0.444. The lowest BCUT2D eigenvalue weighted by atomic mass is 10.1. The molecule has 0 bridgehead atoms. The molecule has 31 heavy (non-hydrogen) atoms. The van der Waals surface area contributed by atoms with Crippen LogP contribution < -0.4 is 10.1 Å². The number of hydrogen-bond donors (Lipinski definition) is 1. The highest BCUT2D eigenvalue weighted by Crippen LogP contribution is 2.26. The highest BCUT2D eigenvalue weighted by Gasteiger charge is 2.18. The molecular weight excluding hydrogens is 437 g/mol. The molecule has 3 aromatic rings. The summed E-state index contributed by atoms with van der Waals surface area (Å²) in [6, 6.07) is 17.6. The van der Waals surface area contributed by atoms with Gasteiger partial charge in [0, 0.05) is 11.4 Å². The number of nitrogens with one attached hydrogen (secondary N) is 1. The van der Waals surface area contributed by atoms with Crippen LogP contribution in [-0.4, -0.2) is 25.6 Å². The number of aryl methyl sites for hydroxylation is 1. The summed E-state index contributed by atoms with van der Waals surface area (Å²) in [5.41, 5.74) is 3.05. The maximum atomic E-state index is 12.6. The smallest absolute Gasteiger partial charge is 0.340 e. The predicted octanol–water partition coefficient (Wildman–Crippen LogP) is 5.96. The molecular formula is C24H21Cl2NO4. The summed E-state index contributed by atoms with van der Waals surface area (Å²) in [6.45, 7) is 2.48. The Hall–Kier alpha value is -3.02. The van der Waals surface area contributed by atoms with Crippen molar-refractivity contribution >= 4 is 40.8 Å². The zero-order valence-electron chi connectivity index (χ0n) is 17.1. The molecule has 0 aromatic heterocycles. The van der Waals surface area contributed by atoms with Gasteiger partial charge in [-0.3, -0.25) is 4.79 Å². The van der Waals surface area contributed by atoms with Crippen molar-refractivity contribution in [3.8, 4) is 5.75 Å². The van der Waals surface area contributed by atoms with Crippen LogP contribution in [0.1, 0.15) is 31.8 Å². The SMILES string of the molecule is COC(=O)c1cc(OCCc2cccc(C)c2)ccc1NC(=O)c1ccc(Cl)cc1Cl. The van der Waals surface area contributed by atoms with Crippen molar-refractivity contribution in [3.05, 3.63) is 93.0 Å². The summed E-state index contributed by atoms with van der Waals surface area (Å²) in [5, 5.41) is 3.32. The van der Waals surface area contributed by atoms with Gasteiger partial charge in [0.15, 0.2) is 0 Å². The van der Waals surface area contributed by atoms with Crippen LogP contribution in [-0.2, 0) is 11.2 Å². The first-order valence-electron chi connectivity index (χ1n) is 9.54. The number of hydrogen-bond acceptors (Lipinski definition) is 4. The molecule has 1 amide bonds. The van der Waals surface area contributed by atoms with Crippen LogP contribution in [0.2, 0.25) is 10.0 Å². The fourth-order valence-electron chi connectivity index (χ4n) is 3.02. The van der Waals surface area contributed by atoms with Gasteiger partial charge in [-0.15, -0.1) is 0 Å². The number of rotatable bonds is 7. The minimum absolute atomic E-state index is 0.175. The van der Waals surface area contributed by atoms with E-state index in [9.17, 15) is 9.59 Å². The van der Waals surface area contributed by atoms with E-state index < -0.39 is 11.9 Å². The molecule has 0 saturated heterocycles. The second-order valence-electron chi connectivity index (χ2n) is 6.86. The van der Waals surface area contributed by atoms with Crippen LogP contribution in [0, 0.1) is 6.92 Å². The molecule has 0 spiro atoms. The number of carbonyl (C=O) groups is 2. The summed E-state index contributed by atoms with van der Waals surface area (Å²) >= 11 is 12.0. The summed E-state index contributed by atoms with van der Waals surface area (Å²) in [6.07, 6.45) is 0.725. The molecule has 0 atom stereocenters. The van der Waals surface area contributed by atoms with E-state index in [1.807, 2.05) is 25.1 Å². The minimum Gasteiger partial charge on any atom is -0.493 e. The molecule has 0 fully saturated rings. The van der Waals surface area contributed by atoms with Crippen molar-refractivity contribution in [3.63, 3.8) is 0 Å². The van der Waals surface area contributed by atoms with Gasteiger partial charge in [-0.25, -0.2) is 4.79 Å². The van der Waals surface area contributed by atoms with Gasteiger partial charge < -0.3 is 14.8 Å². The Labute approximate surface area is 190 Å². The van der Waals surface area contributed by atoms with E-state index in [4.69, 9.17) is 32.7 Å². The second-order valence-corrected chi connectivity index (χ2v) is 7.71. The Morgan fingerprint density at radius 3 is 2.48 bits per heavy atom. The zero-order chi connectivity index (χ0) is 22.4. The first-order valence-corrected chi connectivity index (χ1v) is 10.3. The number of esters is 1. The first-order chi connectivity index (χ1) is 14.9. The van der Waals surface area contributed by atoms with Crippen molar-refractivity contribution in [2.45, 2.75) is 13.3 Å². The summed E-state index contributed by atoms with van der Waals surface area (Å²) in [7, 11) is 1.27. The van der Waals surface area contributed by atoms with Crippen LogP contribution in [0.5, 0.6) is 5.75 Å². The standard InChI is InChI=1S/C24H21Cl2NO4/c1-15-4-3-5-16(12-15)10-11-31-18-7-9-22(20(14-18)24(29)30-2)27-23(28)19-8-6-17(25)13-21(19)26/h3-9,12-14H,10-11H2,1-2H3,(H,27,28). The monoisotopic (exact) mass is 457 g/mol. The molecule has 0 unspecified atom stereocenters. The Balaban J connectivity index is 1.75. The molecule has 160 valence electrons. The predicted molar refractivity (Wildman–Crippen MR) is 123 cm³/mol. The van der Waals surface area contributed by atoms with E-state index in [1.165, 1.54) is 24.8 Å². The molecule has 0 heterocycles. The molecule has 0 aliphatic rings. The molecule has 1 N–H and O–H groups in total. The molecule has 7 heteroatoms. The Morgan fingerprint density at radius 1 is 0.968 bits per heavy atom. The van der Waals surface area contributed by atoms with E-state index in [2.05, 4.69) is 11.4 Å². The lowest BCUT2D eigenvalue weighted by Gasteiger charge is -2.13. The Kier molecular flexibility index (Phi) is 7.55. The fraction of sp³-hybridized carbons (Fsp3) is 0.167. The highest BCUT2D eigenvalue weighted by molar-refractivity contribution is 6.37. The molecule has 0 saturated carbocycles. The van der Waals surface area contributed by atoms with E-state index in [1.54, 1.807) is 24.3 Å². The summed E-state index contributed by atoms with van der Waals surface area (Å²) in [5.74, 6) is -0.572. The number of carbonyl (C=O) groups excluding carboxylic acids is 2. The molecule has 5 nitrogen and oxygen atoms in total. The van der Waals surface area contributed by atoms with E-state index in [0.29, 0.717) is 17.4 Å². The van der Waals surface area contributed by atoms with Crippen LogP contribution in [0.25, 0.3) is 0 Å². The van der Waals surface area contributed by atoms with Gasteiger partial charge in [-0.05, 0) is 48.9 Å². The minimum atomic E-state index is -0.596. The largest absolute Gasteiger partial charge is 0.493 e. The summed E-state index contributed by atoms with van der Waals surface area (Å²) < 4.78 is 10.7. The number of ether oxygens (including phenoxy) is 2. The molecule has 0 radical (unpaired) electrons. The third kappa shape index (κ3) is 6.00. The van der Waals surface area contributed by atoms with Crippen LogP contribution in [0.4, 0.5) is 5.69 Å². The second kappa shape index (κ2) is 10.3. The normalized spacial score (nSPS) is 10.5. The van der Waals surface area contributed by atoms with Crippen molar-refractivity contribution in [2.24, 2.45) is 0 Å². The first kappa shape index (κ1) is 22.7.